The molecule has 3 N–H and O–H groups in total. The van der Waals surface area contributed by atoms with Crippen LogP contribution >= 0.6 is 11.8 Å². The summed E-state index contributed by atoms with van der Waals surface area (Å²) in [7, 11) is 0. The molecule has 9 nitrogen and oxygen atoms in total. The molecule has 2 aliphatic heterocycles. The highest BCUT2D eigenvalue weighted by molar-refractivity contribution is 7.99. The number of carbonyl (C=O) groups excluding carboxylic acids is 3. The average Bonchev–Trinajstić information content (AvgIpc) is 3.42. The summed E-state index contributed by atoms with van der Waals surface area (Å²) in [6, 6.07) is 16.1. The van der Waals surface area contributed by atoms with Crippen molar-refractivity contribution in [3.8, 4) is 11.5 Å². The third-order valence-electron chi connectivity index (χ3n) is 8.25. The van der Waals surface area contributed by atoms with E-state index in [1.54, 1.807) is 41.2 Å². The van der Waals surface area contributed by atoms with Crippen LogP contribution in [0.1, 0.15) is 48.3 Å². The number of H-pyrrole nitrogens is 1. The third-order valence-corrected chi connectivity index (χ3v) is 9.37. The first-order valence-electron chi connectivity index (χ1n) is 13.8. The quantitative estimate of drug-likeness (QED) is 0.271. The van der Waals surface area contributed by atoms with Crippen LogP contribution in [0, 0.1) is 5.41 Å². The number of aromatic amines is 1. The minimum atomic E-state index is -0.565. The molecule has 2 aromatic heterocycles. The second kappa shape index (κ2) is 9.95. The molecular weight excluding hydrogens is 538 g/mol. The molecule has 3 amide bonds. The molecule has 2 fully saturated rings. The lowest BCUT2D eigenvalue weighted by molar-refractivity contribution is -0.138. The number of para-hydroxylation sites is 1. The monoisotopic (exact) mass is 567 g/mol. The lowest BCUT2D eigenvalue weighted by atomic mass is 10.0. The summed E-state index contributed by atoms with van der Waals surface area (Å²) in [6.07, 6.45) is 6.16. The van der Waals surface area contributed by atoms with Crippen molar-refractivity contribution in [1.29, 1.82) is 0 Å². The SMILES string of the molecule is CC(NC(=O)[C@@H]1CC2(CC2)CN1C(=O)CNC(=O)c1ccc2c(c1)Oc1ccccc1S2)c1cc2cnccc2[nH]1. The number of hydrogen-bond donors (Lipinski definition) is 3. The average molecular weight is 568 g/mol. The zero-order chi connectivity index (χ0) is 28.1. The van der Waals surface area contributed by atoms with E-state index in [-0.39, 0.29) is 35.7 Å². The van der Waals surface area contributed by atoms with Gasteiger partial charge in [-0.25, -0.2) is 0 Å². The Balaban J connectivity index is 0.997. The molecule has 1 saturated heterocycles. The first-order valence-corrected chi connectivity index (χ1v) is 14.6. The van der Waals surface area contributed by atoms with Crippen molar-refractivity contribution >= 4 is 40.4 Å². The summed E-state index contributed by atoms with van der Waals surface area (Å²) in [5.41, 5.74) is 2.26. The number of rotatable bonds is 6. The van der Waals surface area contributed by atoms with Crippen LogP contribution < -0.4 is 15.4 Å². The molecule has 2 atom stereocenters. The number of likely N-dealkylation sites (tertiary alicyclic amines) is 1. The number of hydrogen-bond acceptors (Lipinski definition) is 6. The van der Waals surface area contributed by atoms with E-state index in [9.17, 15) is 14.4 Å². The summed E-state index contributed by atoms with van der Waals surface area (Å²) < 4.78 is 6.00. The van der Waals surface area contributed by atoms with Crippen molar-refractivity contribution in [2.75, 3.05) is 13.1 Å². The highest BCUT2D eigenvalue weighted by atomic mass is 32.2. The van der Waals surface area contributed by atoms with Gasteiger partial charge in [-0.2, -0.15) is 0 Å². The van der Waals surface area contributed by atoms with Gasteiger partial charge in [0.2, 0.25) is 11.8 Å². The molecular formula is C31H29N5O4S. The van der Waals surface area contributed by atoms with E-state index in [4.69, 9.17) is 4.74 Å². The number of ether oxygens (including phenoxy) is 1. The molecule has 3 aliphatic rings. The maximum absolute atomic E-state index is 13.4. The Kier molecular flexibility index (Phi) is 6.23. The first-order chi connectivity index (χ1) is 19.9. The van der Waals surface area contributed by atoms with Crippen LogP contribution in [0.25, 0.3) is 10.9 Å². The van der Waals surface area contributed by atoms with Crippen LogP contribution in [0.5, 0.6) is 11.5 Å². The van der Waals surface area contributed by atoms with Gasteiger partial charge in [0.05, 0.1) is 22.4 Å². The van der Waals surface area contributed by atoms with Gasteiger partial charge in [0.25, 0.3) is 5.91 Å². The van der Waals surface area contributed by atoms with Crippen LogP contribution in [0.2, 0.25) is 0 Å². The topological polar surface area (TPSA) is 116 Å². The lowest BCUT2D eigenvalue weighted by Crippen LogP contribution is -2.49. The van der Waals surface area contributed by atoms with Crippen molar-refractivity contribution in [1.82, 2.24) is 25.5 Å². The molecule has 1 aliphatic carbocycles. The molecule has 1 spiro atoms. The number of carbonyl (C=O) groups is 3. The van der Waals surface area contributed by atoms with Gasteiger partial charge in [-0.05, 0) is 74.1 Å². The van der Waals surface area contributed by atoms with E-state index in [0.29, 0.717) is 24.3 Å². The summed E-state index contributed by atoms with van der Waals surface area (Å²) in [6.45, 7) is 2.28. The molecule has 208 valence electrons. The molecule has 41 heavy (non-hydrogen) atoms. The maximum atomic E-state index is 13.4. The number of amides is 3. The fourth-order valence-corrected chi connectivity index (χ4v) is 6.67. The van der Waals surface area contributed by atoms with Gasteiger partial charge in [-0.15, -0.1) is 0 Å². The molecule has 1 saturated carbocycles. The zero-order valence-electron chi connectivity index (χ0n) is 22.5. The number of fused-ring (bicyclic) bond motifs is 3. The first kappa shape index (κ1) is 25.6. The third kappa shape index (κ3) is 4.93. The van der Waals surface area contributed by atoms with Gasteiger partial charge in [0, 0.05) is 41.1 Å². The van der Waals surface area contributed by atoms with Gasteiger partial charge >= 0.3 is 0 Å². The van der Waals surface area contributed by atoms with Crippen LogP contribution in [0.4, 0.5) is 0 Å². The smallest absolute Gasteiger partial charge is 0.251 e. The van der Waals surface area contributed by atoms with Gasteiger partial charge in [-0.3, -0.25) is 19.4 Å². The van der Waals surface area contributed by atoms with Crippen molar-refractivity contribution in [2.45, 2.75) is 48.1 Å². The molecule has 4 heterocycles. The highest BCUT2D eigenvalue weighted by Crippen LogP contribution is 2.55. The van der Waals surface area contributed by atoms with Gasteiger partial charge < -0.3 is 25.3 Å². The molecule has 0 bridgehead atoms. The Hall–Kier alpha value is -4.31. The minimum absolute atomic E-state index is 0.0154. The summed E-state index contributed by atoms with van der Waals surface area (Å²) in [5, 5.41) is 6.82. The molecule has 7 rings (SSSR count). The summed E-state index contributed by atoms with van der Waals surface area (Å²) in [4.78, 5) is 50.8. The molecule has 10 heteroatoms. The molecule has 4 aromatic rings. The van der Waals surface area contributed by atoms with Crippen molar-refractivity contribution in [2.24, 2.45) is 5.41 Å². The van der Waals surface area contributed by atoms with Crippen molar-refractivity contribution in [3.05, 3.63) is 78.2 Å². The lowest BCUT2D eigenvalue weighted by Gasteiger charge is -2.25. The van der Waals surface area contributed by atoms with Crippen molar-refractivity contribution in [3.63, 3.8) is 0 Å². The molecule has 1 unspecified atom stereocenters. The molecule has 2 aromatic carbocycles. The van der Waals surface area contributed by atoms with E-state index < -0.39 is 6.04 Å². The molecule has 0 radical (unpaired) electrons. The number of nitrogens with zero attached hydrogens (tertiary/aromatic N) is 2. The second-order valence-electron chi connectivity index (χ2n) is 11.2. The zero-order valence-corrected chi connectivity index (χ0v) is 23.3. The fraction of sp³-hybridized carbons (Fsp3) is 0.290. The van der Waals surface area contributed by atoms with Gasteiger partial charge in [-0.1, -0.05) is 23.9 Å². The number of aromatic nitrogens is 2. The predicted molar refractivity (Wildman–Crippen MR) is 154 cm³/mol. The Morgan fingerprint density at radius 2 is 1.95 bits per heavy atom. The van der Waals surface area contributed by atoms with Gasteiger partial charge in [0.15, 0.2) is 0 Å². The number of pyridine rings is 1. The predicted octanol–water partition coefficient (Wildman–Crippen LogP) is 4.81. The normalized spacial score (nSPS) is 18.8. The maximum Gasteiger partial charge on any atom is 0.251 e. The van der Waals surface area contributed by atoms with Gasteiger partial charge in [0.1, 0.15) is 17.5 Å². The van der Waals surface area contributed by atoms with Crippen LogP contribution in [-0.2, 0) is 9.59 Å². The highest BCUT2D eigenvalue weighted by Gasteiger charge is 2.55. The van der Waals surface area contributed by atoms with E-state index in [1.165, 1.54) is 0 Å². The fourth-order valence-electron chi connectivity index (χ4n) is 5.74. The summed E-state index contributed by atoms with van der Waals surface area (Å²) in [5.74, 6) is 0.561. The van der Waals surface area contributed by atoms with Crippen LogP contribution in [0.15, 0.2) is 76.8 Å². The summed E-state index contributed by atoms with van der Waals surface area (Å²) >= 11 is 1.59. The van der Waals surface area contributed by atoms with E-state index >= 15 is 0 Å². The standard InChI is InChI=1S/C31H29N5O4S/c1-18(22-12-20-15-32-11-8-21(20)35-22)34-30(39)23-14-31(9-10-31)17-36(23)28(37)16-33-29(38)19-6-7-27-25(13-19)40-24-4-2-3-5-26(24)41-27/h2-8,11-13,15,18,23,35H,9-10,14,16-17H2,1H3,(H,33,38)(H,34,39)/t18?,23-/m0/s1. The van der Waals surface area contributed by atoms with Crippen LogP contribution in [-0.4, -0.2) is 51.7 Å². The van der Waals surface area contributed by atoms with E-state index in [2.05, 4.69) is 20.6 Å². The Morgan fingerprint density at radius 1 is 1.12 bits per heavy atom. The number of benzene rings is 2. The minimum Gasteiger partial charge on any atom is -0.455 e. The Morgan fingerprint density at radius 3 is 2.78 bits per heavy atom. The van der Waals surface area contributed by atoms with Crippen LogP contribution in [0.3, 0.4) is 0 Å². The Bertz CT molecular complexity index is 1660. The second-order valence-corrected chi connectivity index (χ2v) is 12.2. The Labute approximate surface area is 241 Å². The number of nitrogens with one attached hydrogen (secondary N) is 3. The van der Waals surface area contributed by atoms with E-state index in [1.807, 2.05) is 49.4 Å². The van der Waals surface area contributed by atoms with Crippen molar-refractivity contribution < 1.29 is 19.1 Å². The van der Waals surface area contributed by atoms with E-state index in [0.717, 1.165) is 45.0 Å². The largest absolute Gasteiger partial charge is 0.455 e.